The molecule has 7 heteroatoms. The highest BCUT2D eigenvalue weighted by atomic mass is 32.2. The van der Waals surface area contributed by atoms with E-state index in [0.717, 1.165) is 12.1 Å². The molecule has 4 nitrogen and oxygen atoms in total. The normalized spacial score (nSPS) is 12.2. The molecule has 0 fully saturated rings. The first-order chi connectivity index (χ1) is 11.5. The zero-order valence-electron chi connectivity index (χ0n) is 12.9. The monoisotopic (exact) mass is 349 g/mol. The molecular formula is C17H13F2NO3S. The summed E-state index contributed by atoms with van der Waals surface area (Å²) in [6.45, 7) is 0. The van der Waals surface area contributed by atoms with Crippen molar-refractivity contribution in [3.63, 3.8) is 0 Å². The zero-order chi connectivity index (χ0) is 17.3. The molecule has 1 unspecified atom stereocenters. The van der Waals surface area contributed by atoms with Gasteiger partial charge in [0.2, 0.25) is 0 Å². The number of benzene rings is 2. The van der Waals surface area contributed by atoms with Crippen molar-refractivity contribution in [3.05, 3.63) is 54.1 Å². The molecule has 0 bridgehead atoms. The van der Waals surface area contributed by atoms with Crippen LogP contribution in [0.5, 0.6) is 17.2 Å². The van der Waals surface area contributed by atoms with Crippen LogP contribution >= 0.6 is 0 Å². The van der Waals surface area contributed by atoms with Gasteiger partial charge >= 0.3 is 0 Å². The Labute approximate surface area is 139 Å². The fraction of sp³-hybridized carbons (Fsp3) is 0.118. The van der Waals surface area contributed by atoms with Gasteiger partial charge in [-0.2, -0.15) is 0 Å². The van der Waals surface area contributed by atoms with Gasteiger partial charge in [-0.15, -0.1) is 0 Å². The standard InChI is InChI=1S/C17H13F2NO3S/c1-22-15-7-5-13-11(4-8-16(20-13)24(2)21)17(15)23-14-6-3-10(18)9-12(14)19/h3-9H,1-2H3. The number of fused-ring (bicyclic) bond motifs is 1. The quantitative estimate of drug-likeness (QED) is 0.713. The van der Waals surface area contributed by atoms with Gasteiger partial charge in [-0.05, 0) is 36.4 Å². The van der Waals surface area contributed by atoms with Gasteiger partial charge in [-0.25, -0.2) is 13.8 Å². The smallest absolute Gasteiger partial charge is 0.178 e. The van der Waals surface area contributed by atoms with Crippen LogP contribution in [0, 0.1) is 11.6 Å². The van der Waals surface area contributed by atoms with E-state index in [-0.39, 0.29) is 11.5 Å². The number of rotatable bonds is 4. The summed E-state index contributed by atoms with van der Waals surface area (Å²) in [5.41, 5.74) is 0.529. The van der Waals surface area contributed by atoms with Crippen molar-refractivity contribution >= 4 is 21.7 Å². The van der Waals surface area contributed by atoms with Crippen molar-refractivity contribution in [2.24, 2.45) is 0 Å². The van der Waals surface area contributed by atoms with E-state index in [1.54, 1.807) is 24.3 Å². The molecule has 0 N–H and O–H groups in total. The lowest BCUT2D eigenvalue weighted by Gasteiger charge is -2.13. The van der Waals surface area contributed by atoms with E-state index in [2.05, 4.69) is 4.98 Å². The Kier molecular flexibility index (Phi) is 4.44. The molecule has 0 spiro atoms. The maximum absolute atomic E-state index is 13.9. The van der Waals surface area contributed by atoms with Gasteiger partial charge in [-0.3, -0.25) is 4.21 Å². The van der Waals surface area contributed by atoms with E-state index in [0.29, 0.717) is 21.7 Å². The van der Waals surface area contributed by atoms with Crippen LogP contribution in [-0.4, -0.2) is 22.6 Å². The number of pyridine rings is 1. The highest BCUT2D eigenvalue weighted by Crippen LogP contribution is 2.39. The van der Waals surface area contributed by atoms with Crippen LogP contribution in [0.25, 0.3) is 10.9 Å². The lowest BCUT2D eigenvalue weighted by atomic mass is 10.2. The minimum atomic E-state index is -1.23. The predicted octanol–water partition coefficient (Wildman–Crippen LogP) is 4.05. The lowest BCUT2D eigenvalue weighted by molar-refractivity contribution is 0.373. The van der Waals surface area contributed by atoms with Crippen molar-refractivity contribution in [1.29, 1.82) is 0 Å². The van der Waals surface area contributed by atoms with Gasteiger partial charge < -0.3 is 9.47 Å². The van der Waals surface area contributed by atoms with Gasteiger partial charge in [0.1, 0.15) is 10.8 Å². The lowest BCUT2D eigenvalue weighted by Crippen LogP contribution is -1.97. The van der Waals surface area contributed by atoms with E-state index in [1.165, 1.54) is 19.4 Å². The van der Waals surface area contributed by atoms with Crippen molar-refractivity contribution in [2.75, 3.05) is 13.4 Å². The van der Waals surface area contributed by atoms with Gasteiger partial charge in [0, 0.05) is 17.7 Å². The van der Waals surface area contributed by atoms with E-state index >= 15 is 0 Å². The molecule has 0 aliphatic carbocycles. The Bertz CT molecular complexity index is 947. The number of ether oxygens (including phenoxy) is 2. The van der Waals surface area contributed by atoms with Crippen LogP contribution in [0.2, 0.25) is 0 Å². The fourth-order valence-corrected chi connectivity index (χ4v) is 2.72. The Balaban J connectivity index is 2.15. The minimum Gasteiger partial charge on any atom is -0.493 e. The van der Waals surface area contributed by atoms with Crippen molar-refractivity contribution in [3.8, 4) is 17.2 Å². The molecule has 1 atom stereocenters. The summed E-state index contributed by atoms with van der Waals surface area (Å²) in [5.74, 6) is -1.03. The summed E-state index contributed by atoms with van der Waals surface area (Å²) >= 11 is 0. The first-order valence-corrected chi connectivity index (χ1v) is 8.49. The predicted molar refractivity (Wildman–Crippen MR) is 87.1 cm³/mol. The van der Waals surface area contributed by atoms with Crippen molar-refractivity contribution in [2.45, 2.75) is 5.03 Å². The molecule has 0 saturated heterocycles. The number of hydrogen-bond donors (Lipinski definition) is 0. The SMILES string of the molecule is COc1ccc2nc(S(C)=O)ccc2c1Oc1ccc(F)cc1F. The van der Waals surface area contributed by atoms with E-state index in [9.17, 15) is 13.0 Å². The largest absolute Gasteiger partial charge is 0.493 e. The first-order valence-electron chi connectivity index (χ1n) is 6.93. The molecule has 0 radical (unpaired) electrons. The molecule has 24 heavy (non-hydrogen) atoms. The topological polar surface area (TPSA) is 48.4 Å². The first kappa shape index (κ1) is 16.3. The summed E-state index contributed by atoms with van der Waals surface area (Å²) in [6, 6.07) is 9.64. The van der Waals surface area contributed by atoms with Crippen LogP contribution in [0.15, 0.2) is 47.5 Å². The van der Waals surface area contributed by atoms with Gasteiger partial charge in [0.05, 0.1) is 23.4 Å². The summed E-state index contributed by atoms with van der Waals surface area (Å²) in [7, 11) is 0.228. The average molecular weight is 349 g/mol. The second-order valence-electron chi connectivity index (χ2n) is 4.94. The highest BCUT2D eigenvalue weighted by molar-refractivity contribution is 7.84. The summed E-state index contributed by atoms with van der Waals surface area (Å²) in [6.07, 6.45) is 1.53. The molecule has 3 rings (SSSR count). The molecule has 0 saturated carbocycles. The summed E-state index contributed by atoms with van der Waals surface area (Å²) < 4.78 is 49.4. The van der Waals surface area contributed by atoms with E-state index in [4.69, 9.17) is 9.47 Å². The molecule has 124 valence electrons. The third kappa shape index (κ3) is 3.07. The second kappa shape index (κ2) is 6.52. The molecular weight excluding hydrogens is 336 g/mol. The number of methoxy groups -OCH3 is 1. The van der Waals surface area contributed by atoms with Crippen LogP contribution < -0.4 is 9.47 Å². The van der Waals surface area contributed by atoms with Crippen LogP contribution in [0.4, 0.5) is 8.78 Å². The summed E-state index contributed by atoms with van der Waals surface area (Å²) in [5, 5.41) is 0.985. The van der Waals surface area contributed by atoms with Crippen LogP contribution in [0.1, 0.15) is 0 Å². The van der Waals surface area contributed by atoms with E-state index < -0.39 is 22.4 Å². The average Bonchev–Trinajstić information content (AvgIpc) is 2.56. The summed E-state index contributed by atoms with van der Waals surface area (Å²) in [4.78, 5) is 4.30. The third-order valence-corrected chi connectivity index (χ3v) is 4.20. The maximum atomic E-state index is 13.9. The number of nitrogens with zero attached hydrogens (tertiary/aromatic N) is 1. The number of aromatic nitrogens is 1. The molecule has 0 aliphatic heterocycles. The molecule has 3 aromatic rings. The molecule has 1 heterocycles. The van der Waals surface area contributed by atoms with Crippen LogP contribution in [-0.2, 0) is 10.8 Å². The Morgan fingerprint density at radius 1 is 1.04 bits per heavy atom. The van der Waals surface area contributed by atoms with Gasteiger partial charge in [0.25, 0.3) is 0 Å². The Morgan fingerprint density at radius 3 is 2.46 bits per heavy atom. The highest BCUT2D eigenvalue weighted by Gasteiger charge is 2.15. The maximum Gasteiger partial charge on any atom is 0.178 e. The van der Waals surface area contributed by atoms with Crippen molar-refractivity contribution in [1.82, 2.24) is 4.98 Å². The molecule has 2 aromatic carbocycles. The zero-order valence-corrected chi connectivity index (χ0v) is 13.7. The number of halogens is 2. The molecule has 1 aromatic heterocycles. The van der Waals surface area contributed by atoms with Gasteiger partial charge in [-0.1, -0.05) is 0 Å². The second-order valence-corrected chi connectivity index (χ2v) is 6.27. The Hall–Kier alpha value is -2.54. The third-order valence-electron chi connectivity index (χ3n) is 3.38. The minimum absolute atomic E-state index is 0.134. The van der Waals surface area contributed by atoms with Crippen LogP contribution in [0.3, 0.4) is 0 Å². The van der Waals surface area contributed by atoms with Crippen molar-refractivity contribution < 1.29 is 22.5 Å². The fourth-order valence-electron chi connectivity index (χ4n) is 2.23. The molecule has 0 aliphatic rings. The van der Waals surface area contributed by atoms with Gasteiger partial charge in [0.15, 0.2) is 23.1 Å². The van der Waals surface area contributed by atoms with E-state index in [1.807, 2.05) is 0 Å². The molecule has 0 amide bonds. The Morgan fingerprint density at radius 2 is 1.79 bits per heavy atom. The number of hydrogen-bond acceptors (Lipinski definition) is 4.